The Morgan fingerprint density at radius 1 is 0.519 bits per heavy atom. The zero-order valence-electron chi connectivity index (χ0n) is 35.0. The van der Waals surface area contributed by atoms with Crippen molar-refractivity contribution in [1.29, 1.82) is 0 Å². The summed E-state index contributed by atoms with van der Waals surface area (Å²) in [5, 5.41) is 18.4. The molecule has 0 aromatic heterocycles. The van der Waals surface area contributed by atoms with Gasteiger partial charge >= 0.3 is 19.8 Å². The Morgan fingerprint density at radius 3 is 1.24 bits per heavy atom. The smallest absolute Gasteiger partial charge is 0.462 e. The van der Waals surface area contributed by atoms with E-state index >= 15 is 0 Å². The molecule has 0 amide bonds. The topological polar surface area (TPSA) is 149 Å². The van der Waals surface area contributed by atoms with Crippen molar-refractivity contribution in [1.82, 2.24) is 0 Å². The van der Waals surface area contributed by atoms with E-state index in [-0.39, 0.29) is 32.5 Å². The minimum atomic E-state index is -4.53. The van der Waals surface area contributed by atoms with E-state index in [1.54, 1.807) is 0 Å². The lowest BCUT2D eigenvalue weighted by molar-refractivity contribution is -0.161. The summed E-state index contributed by atoms with van der Waals surface area (Å²) in [5.74, 6) is -0.883. The summed E-state index contributed by atoms with van der Waals surface area (Å²) < 4.78 is 33.1. The van der Waals surface area contributed by atoms with Gasteiger partial charge < -0.3 is 24.6 Å². The maximum Gasteiger partial charge on any atom is 0.472 e. The van der Waals surface area contributed by atoms with Crippen molar-refractivity contribution in [2.24, 2.45) is 0 Å². The third-order valence-corrected chi connectivity index (χ3v) is 11.0. The van der Waals surface area contributed by atoms with Gasteiger partial charge in [-0.05, 0) is 19.3 Å². The number of rotatable bonds is 43. The third kappa shape index (κ3) is 39.2. The van der Waals surface area contributed by atoms with Crippen LogP contribution in [0.4, 0.5) is 0 Å². The van der Waals surface area contributed by atoms with Crippen LogP contribution in [0.15, 0.2) is 0 Å². The fourth-order valence-corrected chi connectivity index (χ4v) is 7.28. The number of aliphatic hydroxyl groups is 2. The van der Waals surface area contributed by atoms with Crippen LogP contribution in [0.2, 0.25) is 0 Å². The molecule has 322 valence electrons. The second kappa shape index (κ2) is 40.2. The Bertz CT molecular complexity index is 873. The van der Waals surface area contributed by atoms with Gasteiger partial charge in [0.2, 0.25) is 0 Å². The zero-order chi connectivity index (χ0) is 39.8. The second-order valence-corrected chi connectivity index (χ2v) is 16.9. The number of hydrogen-bond acceptors (Lipinski definition) is 9. The number of unbranched alkanes of at least 4 members (excludes halogenated alkanes) is 28. The molecule has 0 aromatic rings. The van der Waals surface area contributed by atoms with Crippen molar-refractivity contribution < 1.29 is 47.8 Å². The van der Waals surface area contributed by atoms with E-state index < -0.39 is 45.2 Å². The third-order valence-electron chi connectivity index (χ3n) is 10.0. The Labute approximate surface area is 331 Å². The van der Waals surface area contributed by atoms with E-state index in [0.29, 0.717) is 6.42 Å². The van der Waals surface area contributed by atoms with Gasteiger partial charge in [-0.15, -0.1) is 0 Å². The van der Waals surface area contributed by atoms with Crippen LogP contribution in [0, 0.1) is 0 Å². The molecule has 3 atom stereocenters. The maximum atomic E-state index is 12.6. The molecule has 10 nitrogen and oxygen atoms in total. The average molecular weight is 793 g/mol. The van der Waals surface area contributed by atoms with Crippen molar-refractivity contribution in [2.45, 2.75) is 238 Å². The first-order chi connectivity index (χ1) is 26.2. The molecular formula is C43H85O10P. The van der Waals surface area contributed by atoms with E-state index in [0.717, 1.165) is 38.5 Å². The first kappa shape index (κ1) is 53.0. The summed E-state index contributed by atoms with van der Waals surface area (Å²) in [6.07, 6.45) is 35.2. The van der Waals surface area contributed by atoms with Crippen molar-refractivity contribution in [3.63, 3.8) is 0 Å². The lowest BCUT2D eigenvalue weighted by Crippen LogP contribution is -2.29. The number of ether oxygens (including phenoxy) is 2. The fourth-order valence-electron chi connectivity index (χ4n) is 6.51. The van der Waals surface area contributed by atoms with Gasteiger partial charge in [-0.3, -0.25) is 18.6 Å². The van der Waals surface area contributed by atoms with Gasteiger partial charge in [0, 0.05) is 12.8 Å². The monoisotopic (exact) mass is 793 g/mol. The minimum absolute atomic E-state index is 0.0565. The standard InChI is InChI=1S/C43H85O10P/c1-3-5-7-9-11-13-15-17-19-21-23-25-27-29-31-33-42(46)50-38-41(39-52-54(48,49)51-36-35-40(45)37-44)53-43(47)34-32-30-28-26-24-22-20-18-16-14-12-10-8-6-4-2/h40-41,44-45H,3-39H2,1-2H3,(H,48,49)/t40?,41-/m1/s1. The predicted octanol–water partition coefficient (Wildman–Crippen LogP) is 11.8. The summed E-state index contributed by atoms with van der Waals surface area (Å²) in [6.45, 7) is 2.92. The number of esters is 2. The molecule has 0 aliphatic carbocycles. The van der Waals surface area contributed by atoms with Gasteiger partial charge in [-0.1, -0.05) is 194 Å². The second-order valence-electron chi connectivity index (χ2n) is 15.4. The Hall–Kier alpha value is -1.03. The first-order valence-electron chi connectivity index (χ1n) is 22.5. The number of hydrogen-bond donors (Lipinski definition) is 3. The van der Waals surface area contributed by atoms with Crippen LogP contribution in [0.1, 0.15) is 226 Å². The Balaban J connectivity index is 4.28. The Morgan fingerprint density at radius 2 is 0.870 bits per heavy atom. The lowest BCUT2D eigenvalue weighted by Gasteiger charge is -2.20. The van der Waals surface area contributed by atoms with Crippen LogP contribution in [0.25, 0.3) is 0 Å². The lowest BCUT2D eigenvalue weighted by atomic mass is 10.0. The van der Waals surface area contributed by atoms with Crippen LogP contribution in [-0.2, 0) is 32.7 Å². The summed E-state index contributed by atoms with van der Waals surface area (Å²) in [5.41, 5.74) is 0. The van der Waals surface area contributed by atoms with Gasteiger partial charge in [-0.2, -0.15) is 0 Å². The molecule has 0 saturated heterocycles. The number of phosphoric ester groups is 1. The summed E-state index contributed by atoms with van der Waals surface area (Å²) in [4.78, 5) is 35.1. The Kier molecular flexibility index (Phi) is 39.4. The molecule has 0 aromatic carbocycles. The molecule has 0 heterocycles. The van der Waals surface area contributed by atoms with E-state index in [2.05, 4.69) is 13.8 Å². The number of phosphoric acid groups is 1. The summed E-state index contributed by atoms with van der Waals surface area (Å²) >= 11 is 0. The molecule has 0 bridgehead atoms. The molecule has 54 heavy (non-hydrogen) atoms. The van der Waals surface area contributed by atoms with Gasteiger partial charge in [0.1, 0.15) is 6.61 Å². The molecule has 0 saturated carbocycles. The van der Waals surface area contributed by atoms with Crippen LogP contribution < -0.4 is 0 Å². The maximum absolute atomic E-state index is 12.6. The van der Waals surface area contributed by atoms with Gasteiger partial charge in [0.15, 0.2) is 6.10 Å². The molecule has 3 N–H and O–H groups in total. The van der Waals surface area contributed by atoms with E-state index in [4.69, 9.17) is 23.6 Å². The van der Waals surface area contributed by atoms with Gasteiger partial charge in [0.25, 0.3) is 0 Å². The largest absolute Gasteiger partial charge is 0.472 e. The number of carbonyl (C=O) groups excluding carboxylic acids is 2. The zero-order valence-corrected chi connectivity index (χ0v) is 35.9. The van der Waals surface area contributed by atoms with E-state index in [1.165, 1.54) is 148 Å². The molecule has 2 unspecified atom stereocenters. The van der Waals surface area contributed by atoms with Crippen molar-refractivity contribution in [3.05, 3.63) is 0 Å². The van der Waals surface area contributed by atoms with Crippen molar-refractivity contribution in [3.8, 4) is 0 Å². The molecular weight excluding hydrogens is 707 g/mol. The molecule has 0 spiro atoms. The SMILES string of the molecule is CCCCCCCCCCCCCCCCCC(=O)OC[C@H](COP(=O)(O)OCCC(O)CO)OC(=O)CCCCCCCCCCCCCCCCC. The van der Waals surface area contributed by atoms with Crippen LogP contribution in [-0.4, -0.2) is 65.7 Å². The highest BCUT2D eigenvalue weighted by molar-refractivity contribution is 7.47. The normalized spacial score (nSPS) is 13.8. The van der Waals surface area contributed by atoms with Crippen LogP contribution >= 0.6 is 7.82 Å². The predicted molar refractivity (Wildman–Crippen MR) is 219 cm³/mol. The van der Waals surface area contributed by atoms with E-state index in [1.807, 2.05) is 0 Å². The van der Waals surface area contributed by atoms with Gasteiger partial charge in [0.05, 0.1) is 25.9 Å². The van der Waals surface area contributed by atoms with Crippen LogP contribution in [0.5, 0.6) is 0 Å². The molecule has 0 radical (unpaired) electrons. The van der Waals surface area contributed by atoms with Gasteiger partial charge in [-0.25, -0.2) is 4.57 Å². The van der Waals surface area contributed by atoms with Crippen LogP contribution in [0.3, 0.4) is 0 Å². The number of aliphatic hydroxyl groups excluding tert-OH is 2. The molecule has 0 aliphatic heterocycles. The molecule has 0 aliphatic rings. The molecule has 0 rings (SSSR count). The quantitative estimate of drug-likeness (QED) is 0.0309. The summed E-state index contributed by atoms with van der Waals surface area (Å²) in [7, 11) is -4.53. The average Bonchev–Trinajstić information content (AvgIpc) is 3.15. The summed E-state index contributed by atoms with van der Waals surface area (Å²) in [6, 6.07) is 0. The van der Waals surface area contributed by atoms with Crippen molar-refractivity contribution in [2.75, 3.05) is 26.4 Å². The highest BCUT2D eigenvalue weighted by Crippen LogP contribution is 2.43. The molecule has 11 heteroatoms. The minimum Gasteiger partial charge on any atom is -0.462 e. The van der Waals surface area contributed by atoms with E-state index in [9.17, 15) is 24.2 Å². The fraction of sp³-hybridized carbons (Fsp3) is 0.953. The molecule has 0 fully saturated rings. The highest BCUT2D eigenvalue weighted by atomic mass is 31.2. The highest BCUT2D eigenvalue weighted by Gasteiger charge is 2.26. The number of carbonyl (C=O) groups is 2. The van der Waals surface area contributed by atoms with Crippen molar-refractivity contribution >= 4 is 19.8 Å². The first-order valence-corrected chi connectivity index (χ1v) is 24.0.